The van der Waals surface area contributed by atoms with Gasteiger partial charge in [0, 0.05) is 11.8 Å². The molecule has 90 valence electrons. The molecule has 0 spiro atoms. The lowest BCUT2D eigenvalue weighted by atomic mass is 10.1. The molecule has 1 aliphatic rings. The topological polar surface area (TPSA) is 54.3 Å². The maximum Gasteiger partial charge on any atom is 0.163 e. The molecule has 4 nitrogen and oxygen atoms in total. The van der Waals surface area contributed by atoms with E-state index in [4.69, 9.17) is 14.7 Å². The lowest BCUT2D eigenvalue weighted by Gasteiger charge is -2.21. The molecule has 1 atom stereocenters. The van der Waals surface area contributed by atoms with Gasteiger partial charge in [-0.15, -0.1) is 0 Å². The highest BCUT2D eigenvalue weighted by atomic mass is 16.6. The highest BCUT2D eigenvalue weighted by molar-refractivity contribution is 5.56. The summed E-state index contributed by atoms with van der Waals surface area (Å²) >= 11 is 0. The van der Waals surface area contributed by atoms with Crippen LogP contribution in [0.4, 0.5) is 5.69 Å². The molecule has 1 aliphatic heterocycles. The standard InChI is InChI=1S/C13H16N2O2/c1-9(2)11(8-14)15-10-3-4-12-13(7-10)17-6-5-16-12/h3-4,7,9,11,15H,5-6H2,1-2H3. The molecule has 17 heavy (non-hydrogen) atoms. The van der Waals surface area contributed by atoms with Crippen LogP contribution in [-0.4, -0.2) is 19.3 Å². The maximum atomic E-state index is 9.03. The third-order valence-corrected chi connectivity index (χ3v) is 2.67. The van der Waals surface area contributed by atoms with Crippen LogP contribution in [0, 0.1) is 17.2 Å². The van der Waals surface area contributed by atoms with E-state index in [2.05, 4.69) is 11.4 Å². The Labute approximate surface area is 101 Å². The molecule has 2 rings (SSSR count). The second kappa shape index (κ2) is 4.96. The van der Waals surface area contributed by atoms with E-state index in [9.17, 15) is 0 Å². The van der Waals surface area contributed by atoms with E-state index >= 15 is 0 Å². The van der Waals surface area contributed by atoms with Crippen LogP contribution in [0.25, 0.3) is 0 Å². The fourth-order valence-electron chi connectivity index (χ4n) is 1.66. The molecule has 0 radical (unpaired) electrons. The molecular weight excluding hydrogens is 216 g/mol. The summed E-state index contributed by atoms with van der Waals surface area (Å²) in [5, 5.41) is 12.2. The second-order valence-corrected chi connectivity index (χ2v) is 4.35. The number of benzene rings is 1. The van der Waals surface area contributed by atoms with Gasteiger partial charge in [-0.2, -0.15) is 5.26 Å². The van der Waals surface area contributed by atoms with Gasteiger partial charge in [0.2, 0.25) is 0 Å². The second-order valence-electron chi connectivity index (χ2n) is 4.35. The zero-order chi connectivity index (χ0) is 12.3. The van der Waals surface area contributed by atoms with Gasteiger partial charge in [0.25, 0.3) is 0 Å². The summed E-state index contributed by atoms with van der Waals surface area (Å²) in [6.07, 6.45) is 0. The first kappa shape index (κ1) is 11.6. The van der Waals surface area contributed by atoms with Gasteiger partial charge in [0.15, 0.2) is 11.5 Å². The van der Waals surface area contributed by atoms with Gasteiger partial charge < -0.3 is 14.8 Å². The number of hydrogen-bond acceptors (Lipinski definition) is 4. The molecular formula is C13H16N2O2. The predicted octanol–water partition coefficient (Wildman–Crippen LogP) is 2.42. The van der Waals surface area contributed by atoms with E-state index < -0.39 is 0 Å². The zero-order valence-electron chi connectivity index (χ0n) is 10.1. The van der Waals surface area contributed by atoms with Crippen LogP contribution in [0.3, 0.4) is 0 Å². The Morgan fingerprint density at radius 1 is 1.24 bits per heavy atom. The van der Waals surface area contributed by atoms with Crippen molar-refractivity contribution >= 4 is 5.69 Å². The quantitative estimate of drug-likeness (QED) is 0.869. The van der Waals surface area contributed by atoms with Gasteiger partial charge in [-0.25, -0.2) is 0 Å². The van der Waals surface area contributed by atoms with E-state index in [1.165, 1.54) is 0 Å². The van der Waals surface area contributed by atoms with Crippen molar-refractivity contribution in [3.05, 3.63) is 18.2 Å². The highest BCUT2D eigenvalue weighted by Crippen LogP contribution is 2.32. The fourth-order valence-corrected chi connectivity index (χ4v) is 1.66. The number of nitrogens with zero attached hydrogens (tertiary/aromatic N) is 1. The van der Waals surface area contributed by atoms with Crippen LogP contribution in [0.1, 0.15) is 13.8 Å². The summed E-state index contributed by atoms with van der Waals surface area (Å²) in [4.78, 5) is 0. The molecule has 1 aromatic carbocycles. The number of hydrogen-bond donors (Lipinski definition) is 1. The number of ether oxygens (including phenoxy) is 2. The van der Waals surface area contributed by atoms with Crippen molar-refractivity contribution in [1.29, 1.82) is 5.26 Å². The average molecular weight is 232 g/mol. The monoisotopic (exact) mass is 232 g/mol. The number of nitrogens with one attached hydrogen (secondary N) is 1. The fraction of sp³-hybridized carbons (Fsp3) is 0.462. The molecule has 1 N–H and O–H groups in total. The largest absolute Gasteiger partial charge is 0.486 e. The van der Waals surface area contributed by atoms with Crippen molar-refractivity contribution in [2.75, 3.05) is 18.5 Å². The number of anilines is 1. The molecule has 0 fully saturated rings. The van der Waals surface area contributed by atoms with Gasteiger partial charge in [-0.3, -0.25) is 0 Å². The Bertz CT molecular complexity index is 438. The van der Waals surface area contributed by atoms with Crippen LogP contribution in [0.15, 0.2) is 18.2 Å². The molecule has 4 heteroatoms. The normalized spacial score (nSPS) is 15.2. The molecule has 0 aliphatic carbocycles. The van der Waals surface area contributed by atoms with Gasteiger partial charge in [0.1, 0.15) is 19.3 Å². The van der Waals surface area contributed by atoms with Gasteiger partial charge >= 0.3 is 0 Å². The van der Waals surface area contributed by atoms with Gasteiger partial charge in [0.05, 0.1) is 6.07 Å². The molecule has 0 saturated carbocycles. The van der Waals surface area contributed by atoms with E-state index in [0.717, 1.165) is 17.2 Å². The smallest absolute Gasteiger partial charge is 0.163 e. The van der Waals surface area contributed by atoms with Crippen LogP contribution in [0.5, 0.6) is 11.5 Å². The average Bonchev–Trinajstić information content (AvgIpc) is 2.35. The number of nitriles is 1. The number of rotatable bonds is 3. The zero-order valence-corrected chi connectivity index (χ0v) is 10.1. The minimum absolute atomic E-state index is 0.197. The minimum atomic E-state index is -0.197. The number of fused-ring (bicyclic) bond motifs is 1. The van der Waals surface area contributed by atoms with Crippen molar-refractivity contribution in [3.63, 3.8) is 0 Å². The summed E-state index contributed by atoms with van der Waals surface area (Å²) in [6, 6.07) is 7.70. The molecule has 0 amide bonds. The molecule has 1 heterocycles. The Morgan fingerprint density at radius 3 is 2.59 bits per heavy atom. The minimum Gasteiger partial charge on any atom is -0.486 e. The first-order valence-electron chi connectivity index (χ1n) is 5.76. The maximum absolute atomic E-state index is 9.03. The van der Waals surface area contributed by atoms with Crippen LogP contribution < -0.4 is 14.8 Å². The van der Waals surface area contributed by atoms with Crippen LogP contribution >= 0.6 is 0 Å². The first-order valence-corrected chi connectivity index (χ1v) is 5.76. The van der Waals surface area contributed by atoms with Gasteiger partial charge in [-0.1, -0.05) is 13.8 Å². The van der Waals surface area contributed by atoms with E-state index in [0.29, 0.717) is 13.2 Å². The van der Waals surface area contributed by atoms with Crippen LogP contribution in [0.2, 0.25) is 0 Å². The Morgan fingerprint density at radius 2 is 1.94 bits per heavy atom. The molecule has 0 aromatic heterocycles. The van der Waals surface area contributed by atoms with E-state index in [1.54, 1.807) is 0 Å². The SMILES string of the molecule is CC(C)C(C#N)Nc1ccc2c(c1)OCCO2. The van der Waals surface area contributed by atoms with Crippen molar-refractivity contribution in [1.82, 2.24) is 0 Å². The van der Waals surface area contributed by atoms with Gasteiger partial charge in [-0.05, 0) is 18.1 Å². The molecule has 1 aromatic rings. The molecule has 0 bridgehead atoms. The van der Waals surface area contributed by atoms with Crippen LogP contribution in [-0.2, 0) is 0 Å². The predicted molar refractivity (Wildman–Crippen MR) is 65.3 cm³/mol. The summed E-state index contributed by atoms with van der Waals surface area (Å²) in [5.41, 5.74) is 0.884. The van der Waals surface area contributed by atoms with E-state index in [1.807, 2.05) is 32.0 Å². The van der Waals surface area contributed by atoms with Crippen molar-refractivity contribution in [2.45, 2.75) is 19.9 Å². The van der Waals surface area contributed by atoms with Crippen molar-refractivity contribution in [2.24, 2.45) is 5.92 Å². The van der Waals surface area contributed by atoms with Crippen molar-refractivity contribution < 1.29 is 9.47 Å². The third-order valence-electron chi connectivity index (χ3n) is 2.67. The summed E-state index contributed by atoms with van der Waals surface area (Å²) < 4.78 is 10.9. The molecule has 1 unspecified atom stereocenters. The lowest BCUT2D eigenvalue weighted by molar-refractivity contribution is 0.171. The molecule has 0 saturated heterocycles. The summed E-state index contributed by atoms with van der Waals surface area (Å²) in [7, 11) is 0. The van der Waals surface area contributed by atoms with E-state index in [-0.39, 0.29) is 12.0 Å². The first-order chi connectivity index (χ1) is 8.20. The summed E-state index contributed by atoms with van der Waals surface area (Å²) in [6.45, 7) is 5.19. The highest BCUT2D eigenvalue weighted by Gasteiger charge is 2.15. The van der Waals surface area contributed by atoms with Crippen molar-refractivity contribution in [3.8, 4) is 17.6 Å². The Kier molecular flexibility index (Phi) is 3.38. The Hall–Kier alpha value is -1.89. The summed E-state index contributed by atoms with van der Waals surface area (Å²) in [5.74, 6) is 1.76. The lowest BCUT2D eigenvalue weighted by Crippen LogP contribution is -2.23. The Balaban J connectivity index is 2.14. The third kappa shape index (κ3) is 2.62.